The smallest absolute Gasteiger partial charge is 0.222 e. The van der Waals surface area contributed by atoms with Gasteiger partial charge in [0.1, 0.15) is 5.69 Å². The van der Waals surface area contributed by atoms with E-state index in [1.807, 2.05) is 13.8 Å². The number of nitrogens with one attached hydrogen (secondary N) is 1. The van der Waals surface area contributed by atoms with Crippen molar-refractivity contribution in [2.75, 3.05) is 17.7 Å². The summed E-state index contributed by atoms with van der Waals surface area (Å²) in [5.74, 6) is 0.706. The van der Waals surface area contributed by atoms with Crippen molar-refractivity contribution in [1.29, 1.82) is 0 Å². The number of nitrogens with zero attached hydrogens (tertiary/aromatic N) is 3. The number of rotatable bonds is 7. The monoisotopic (exact) mass is 277 g/mol. The van der Waals surface area contributed by atoms with Gasteiger partial charge in [0.15, 0.2) is 5.82 Å². The molecule has 0 aliphatic carbocycles. The molecule has 1 aromatic heterocycles. The van der Waals surface area contributed by atoms with E-state index in [1.165, 1.54) is 0 Å². The third-order valence-electron chi connectivity index (χ3n) is 2.96. The van der Waals surface area contributed by atoms with E-state index in [4.69, 9.17) is 5.73 Å². The summed E-state index contributed by atoms with van der Waals surface area (Å²) >= 11 is 0. The summed E-state index contributed by atoms with van der Waals surface area (Å²) in [6.07, 6.45) is 4.89. The zero-order valence-electron chi connectivity index (χ0n) is 12.3. The molecule has 1 aromatic rings. The maximum absolute atomic E-state index is 9.59. The number of aryl methyl sites for hydroxylation is 1. The summed E-state index contributed by atoms with van der Waals surface area (Å²) in [4.78, 5) is 12.6. The van der Waals surface area contributed by atoms with Crippen LogP contribution in [0.25, 0.3) is 0 Å². The molecule has 0 saturated carbocycles. The van der Waals surface area contributed by atoms with Crippen molar-refractivity contribution < 1.29 is 5.11 Å². The number of aliphatic hydroxyl groups is 1. The maximum atomic E-state index is 9.59. The molecule has 0 saturated heterocycles. The lowest BCUT2D eigenvalue weighted by molar-refractivity contribution is 0.213. The van der Waals surface area contributed by atoms with Crippen LogP contribution in [-0.4, -0.2) is 33.4 Å². The quantitative estimate of drug-likeness (QED) is 0.664. The third-order valence-corrected chi connectivity index (χ3v) is 2.96. The van der Waals surface area contributed by atoms with Crippen LogP contribution >= 0.6 is 0 Å². The van der Waals surface area contributed by atoms with Crippen molar-refractivity contribution in [3.63, 3.8) is 0 Å². The van der Waals surface area contributed by atoms with Gasteiger partial charge in [-0.3, -0.25) is 4.99 Å². The predicted molar refractivity (Wildman–Crippen MR) is 83.6 cm³/mol. The van der Waals surface area contributed by atoms with Crippen molar-refractivity contribution in [3.05, 3.63) is 18.3 Å². The lowest BCUT2D eigenvalue weighted by Gasteiger charge is -2.29. The number of aliphatic imine (C=N–C) groups is 1. The van der Waals surface area contributed by atoms with E-state index in [-0.39, 0.29) is 12.6 Å². The highest BCUT2D eigenvalue weighted by atomic mass is 16.3. The summed E-state index contributed by atoms with van der Waals surface area (Å²) < 4.78 is 0. The highest BCUT2D eigenvalue weighted by Gasteiger charge is 2.24. The largest absolute Gasteiger partial charge is 0.394 e. The van der Waals surface area contributed by atoms with E-state index in [0.717, 1.165) is 12.8 Å². The van der Waals surface area contributed by atoms with Gasteiger partial charge in [0.2, 0.25) is 5.95 Å². The molecule has 6 nitrogen and oxygen atoms in total. The SMILES string of the molecule is C=C/C=N\c1c(C)nc(N)nc1N[C@@](C)(CO)CCC. The fourth-order valence-electron chi connectivity index (χ4n) is 1.98. The second-order valence-electron chi connectivity index (χ2n) is 4.97. The number of aromatic nitrogens is 2. The molecule has 0 fully saturated rings. The predicted octanol–water partition coefficient (Wildman–Crippen LogP) is 2.22. The Bertz CT molecular complexity index is 501. The molecule has 0 unspecified atom stereocenters. The second-order valence-corrected chi connectivity index (χ2v) is 4.97. The van der Waals surface area contributed by atoms with E-state index in [9.17, 15) is 5.11 Å². The van der Waals surface area contributed by atoms with E-state index in [2.05, 4.69) is 33.8 Å². The van der Waals surface area contributed by atoms with Crippen molar-refractivity contribution in [1.82, 2.24) is 9.97 Å². The number of allylic oxidation sites excluding steroid dienone is 1. The standard InChI is InChI=1S/C14H23N5O/c1-5-7-14(4,9-20)19-12-11(16-8-6-2)10(3)17-13(15)18-12/h6,8,20H,2,5,7,9H2,1,3-4H3,(H3,15,17,18,19)/b16-8-/t14-/m1/s1. The van der Waals surface area contributed by atoms with Gasteiger partial charge in [-0.25, -0.2) is 4.98 Å². The molecule has 20 heavy (non-hydrogen) atoms. The van der Waals surface area contributed by atoms with Crippen LogP contribution in [0.15, 0.2) is 17.6 Å². The van der Waals surface area contributed by atoms with Gasteiger partial charge in [-0.15, -0.1) is 0 Å². The van der Waals surface area contributed by atoms with Gasteiger partial charge in [0, 0.05) is 6.21 Å². The van der Waals surface area contributed by atoms with Gasteiger partial charge >= 0.3 is 0 Å². The minimum Gasteiger partial charge on any atom is -0.394 e. The highest BCUT2D eigenvalue weighted by Crippen LogP contribution is 2.30. The molecule has 0 aliphatic heterocycles. The number of nitrogens with two attached hydrogens (primary N) is 1. The topological polar surface area (TPSA) is 96.4 Å². The van der Waals surface area contributed by atoms with Gasteiger partial charge in [-0.05, 0) is 20.3 Å². The van der Waals surface area contributed by atoms with E-state index in [0.29, 0.717) is 17.2 Å². The molecule has 1 rings (SSSR count). The lowest BCUT2D eigenvalue weighted by Crippen LogP contribution is -2.39. The van der Waals surface area contributed by atoms with Crippen LogP contribution in [0, 0.1) is 6.92 Å². The average Bonchev–Trinajstić information content (AvgIpc) is 2.38. The minimum atomic E-state index is -0.472. The summed E-state index contributed by atoms with van der Waals surface area (Å²) in [5.41, 5.74) is 6.50. The molecule has 0 aromatic carbocycles. The summed E-state index contributed by atoms with van der Waals surface area (Å²) in [5, 5.41) is 12.8. The Morgan fingerprint density at radius 1 is 1.50 bits per heavy atom. The first-order chi connectivity index (χ1) is 9.45. The Morgan fingerprint density at radius 3 is 2.75 bits per heavy atom. The fraction of sp³-hybridized carbons (Fsp3) is 0.500. The van der Waals surface area contributed by atoms with Crippen LogP contribution in [0.5, 0.6) is 0 Å². The Hall–Kier alpha value is -1.95. The van der Waals surface area contributed by atoms with Gasteiger partial charge < -0.3 is 16.2 Å². The van der Waals surface area contributed by atoms with Crippen molar-refractivity contribution in [3.8, 4) is 0 Å². The number of nitrogen functional groups attached to an aromatic ring is 1. The van der Waals surface area contributed by atoms with E-state index < -0.39 is 5.54 Å². The molecular weight excluding hydrogens is 254 g/mol. The van der Waals surface area contributed by atoms with Gasteiger partial charge in [-0.1, -0.05) is 26.0 Å². The van der Waals surface area contributed by atoms with Crippen LogP contribution in [0.4, 0.5) is 17.5 Å². The van der Waals surface area contributed by atoms with Crippen LogP contribution < -0.4 is 11.1 Å². The summed E-state index contributed by atoms with van der Waals surface area (Å²) in [6.45, 7) is 9.40. The fourth-order valence-corrected chi connectivity index (χ4v) is 1.98. The molecule has 4 N–H and O–H groups in total. The van der Waals surface area contributed by atoms with Crippen molar-refractivity contribution in [2.45, 2.75) is 39.2 Å². The number of hydrogen-bond acceptors (Lipinski definition) is 6. The molecule has 1 heterocycles. The van der Waals surface area contributed by atoms with Gasteiger partial charge in [0.25, 0.3) is 0 Å². The number of anilines is 2. The van der Waals surface area contributed by atoms with Gasteiger partial charge in [-0.2, -0.15) is 4.98 Å². The molecular formula is C14H23N5O. The Kier molecular flexibility index (Phi) is 5.64. The number of aliphatic hydroxyl groups excluding tert-OH is 1. The first-order valence-corrected chi connectivity index (χ1v) is 6.64. The second kappa shape index (κ2) is 7.00. The third kappa shape index (κ3) is 4.03. The van der Waals surface area contributed by atoms with Gasteiger partial charge in [0.05, 0.1) is 17.8 Å². The normalized spacial score (nSPS) is 14.2. The maximum Gasteiger partial charge on any atom is 0.222 e. The van der Waals surface area contributed by atoms with Crippen LogP contribution in [0.2, 0.25) is 0 Å². The minimum absolute atomic E-state index is 0.00555. The zero-order valence-corrected chi connectivity index (χ0v) is 12.3. The van der Waals surface area contributed by atoms with Crippen LogP contribution in [0.3, 0.4) is 0 Å². The Morgan fingerprint density at radius 2 is 2.20 bits per heavy atom. The lowest BCUT2D eigenvalue weighted by atomic mass is 9.97. The van der Waals surface area contributed by atoms with Crippen molar-refractivity contribution >= 4 is 23.7 Å². The molecule has 1 atom stereocenters. The molecule has 0 spiro atoms. The number of hydrogen-bond donors (Lipinski definition) is 3. The van der Waals surface area contributed by atoms with E-state index >= 15 is 0 Å². The highest BCUT2D eigenvalue weighted by molar-refractivity contribution is 5.78. The molecule has 6 heteroatoms. The van der Waals surface area contributed by atoms with E-state index in [1.54, 1.807) is 12.3 Å². The van der Waals surface area contributed by atoms with Crippen molar-refractivity contribution in [2.24, 2.45) is 4.99 Å². The Balaban J connectivity index is 3.21. The van der Waals surface area contributed by atoms with Crippen LogP contribution in [-0.2, 0) is 0 Å². The molecule has 110 valence electrons. The first kappa shape index (κ1) is 16.1. The zero-order chi connectivity index (χ0) is 15.2. The molecule has 0 bridgehead atoms. The summed E-state index contributed by atoms with van der Waals surface area (Å²) in [6, 6.07) is 0. The summed E-state index contributed by atoms with van der Waals surface area (Å²) in [7, 11) is 0. The van der Waals surface area contributed by atoms with Crippen LogP contribution in [0.1, 0.15) is 32.4 Å². The molecule has 0 amide bonds. The molecule has 0 radical (unpaired) electrons. The first-order valence-electron chi connectivity index (χ1n) is 6.64. The average molecular weight is 277 g/mol. The Labute approximate surface area is 119 Å². The molecule has 0 aliphatic rings.